The van der Waals surface area contributed by atoms with Crippen LogP contribution in [0.1, 0.15) is 5.56 Å². The van der Waals surface area contributed by atoms with E-state index in [1.54, 1.807) is 6.07 Å². The maximum Gasteiger partial charge on any atom is 0.264 e. The van der Waals surface area contributed by atoms with Crippen molar-refractivity contribution in [1.82, 2.24) is 20.4 Å². The molecule has 0 fully saturated rings. The summed E-state index contributed by atoms with van der Waals surface area (Å²) in [5.74, 6) is 0.771. The highest BCUT2D eigenvalue weighted by molar-refractivity contribution is 5.90. The Balaban J connectivity index is 1.49. The Kier molecular flexibility index (Phi) is 5.80. The van der Waals surface area contributed by atoms with Gasteiger partial charge in [-0.25, -0.2) is 5.10 Å². The van der Waals surface area contributed by atoms with E-state index >= 15 is 0 Å². The van der Waals surface area contributed by atoms with Gasteiger partial charge in [-0.3, -0.25) is 9.89 Å². The van der Waals surface area contributed by atoms with Gasteiger partial charge in [0.1, 0.15) is 11.4 Å². The number of aromatic nitrogens is 4. The molecule has 0 atom stereocenters. The summed E-state index contributed by atoms with van der Waals surface area (Å²) in [6, 6.07) is 31.2. The fraction of sp³-hybridized carbons (Fsp3) is 0.0741. The number of rotatable bonds is 7. The van der Waals surface area contributed by atoms with Crippen molar-refractivity contribution in [3.05, 3.63) is 113 Å². The summed E-state index contributed by atoms with van der Waals surface area (Å²) in [5, 5.41) is 14.6. The summed E-state index contributed by atoms with van der Waals surface area (Å²) in [7, 11) is 0. The molecule has 5 rings (SSSR count). The van der Waals surface area contributed by atoms with E-state index in [0.29, 0.717) is 12.3 Å². The Morgan fingerprint density at radius 1 is 0.727 bits per heavy atom. The maximum atomic E-state index is 11.6. The van der Waals surface area contributed by atoms with Gasteiger partial charge in [0.2, 0.25) is 0 Å². The highest BCUT2D eigenvalue weighted by Gasteiger charge is 2.19. The van der Waals surface area contributed by atoms with Crippen LogP contribution in [0.5, 0.6) is 5.75 Å². The first kappa shape index (κ1) is 20.5. The third kappa shape index (κ3) is 4.60. The molecule has 0 radical (unpaired) electrons. The SMILES string of the molecule is O=c1ccc(-c2c(-c3cccc(OCCc4ccccc4)c3)n[nH]c2-c2ccccc2)n[nH]1. The topological polar surface area (TPSA) is 83.7 Å². The van der Waals surface area contributed by atoms with Gasteiger partial charge in [0.25, 0.3) is 5.56 Å². The van der Waals surface area contributed by atoms with E-state index < -0.39 is 0 Å². The number of hydrogen-bond acceptors (Lipinski definition) is 4. The monoisotopic (exact) mass is 434 g/mol. The Hall–Kier alpha value is -4.45. The minimum Gasteiger partial charge on any atom is -0.493 e. The molecule has 0 aliphatic rings. The Morgan fingerprint density at radius 3 is 2.24 bits per heavy atom. The molecule has 0 saturated carbocycles. The number of ether oxygens (including phenoxy) is 1. The molecule has 0 bridgehead atoms. The van der Waals surface area contributed by atoms with Crippen LogP contribution in [0.3, 0.4) is 0 Å². The molecule has 6 nitrogen and oxygen atoms in total. The number of hydrogen-bond donors (Lipinski definition) is 2. The lowest BCUT2D eigenvalue weighted by Crippen LogP contribution is -2.06. The minimum absolute atomic E-state index is 0.251. The van der Waals surface area contributed by atoms with Crippen LogP contribution in [0.25, 0.3) is 33.8 Å². The fourth-order valence-electron chi connectivity index (χ4n) is 3.76. The van der Waals surface area contributed by atoms with Crippen LogP contribution < -0.4 is 10.3 Å². The molecule has 0 aliphatic heterocycles. The third-order valence-corrected chi connectivity index (χ3v) is 5.37. The standard InChI is InChI=1S/C27H22N4O2/c32-24-15-14-23(28-29-24)25-26(20-10-5-2-6-11-20)30-31-27(25)21-12-7-13-22(18-21)33-17-16-19-8-3-1-4-9-19/h1-15,18H,16-17H2,(H,29,32)(H,30,31). The zero-order valence-electron chi connectivity index (χ0n) is 17.9. The summed E-state index contributed by atoms with van der Waals surface area (Å²) < 4.78 is 6.02. The number of benzene rings is 3. The predicted molar refractivity (Wildman–Crippen MR) is 129 cm³/mol. The lowest BCUT2D eigenvalue weighted by Gasteiger charge is -2.09. The lowest BCUT2D eigenvalue weighted by atomic mass is 9.99. The van der Waals surface area contributed by atoms with Crippen LogP contribution in [-0.2, 0) is 6.42 Å². The summed E-state index contributed by atoms with van der Waals surface area (Å²) in [6.07, 6.45) is 0.832. The van der Waals surface area contributed by atoms with Gasteiger partial charge in [-0.1, -0.05) is 72.8 Å². The fourth-order valence-corrected chi connectivity index (χ4v) is 3.76. The second-order valence-electron chi connectivity index (χ2n) is 7.61. The molecule has 0 aliphatic carbocycles. The highest BCUT2D eigenvalue weighted by Crippen LogP contribution is 2.37. The first-order valence-electron chi connectivity index (χ1n) is 10.7. The summed E-state index contributed by atoms with van der Waals surface area (Å²) in [4.78, 5) is 11.6. The molecule has 6 heteroatoms. The molecule has 2 heterocycles. The predicted octanol–water partition coefficient (Wildman–Crippen LogP) is 5.12. The largest absolute Gasteiger partial charge is 0.493 e. The number of aromatic amines is 2. The molecule has 2 aromatic heterocycles. The van der Waals surface area contributed by atoms with E-state index in [4.69, 9.17) is 4.74 Å². The molecular weight excluding hydrogens is 412 g/mol. The zero-order valence-corrected chi connectivity index (χ0v) is 17.9. The normalized spacial score (nSPS) is 10.8. The molecule has 0 spiro atoms. The first-order chi connectivity index (χ1) is 16.3. The second-order valence-corrected chi connectivity index (χ2v) is 7.61. The summed E-state index contributed by atoms with van der Waals surface area (Å²) >= 11 is 0. The van der Waals surface area contributed by atoms with Crippen molar-refractivity contribution in [3.63, 3.8) is 0 Å². The summed E-state index contributed by atoms with van der Waals surface area (Å²) in [6.45, 7) is 0.581. The van der Waals surface area contributed by atoms with Crippen molar-refractivity contribution in [2.75, 3.05) is 6.61 Å². The third-order valence-electron chi connectivity index (χ3n) is 5.37. The van der Waals surface area contributed by atoms with E-state index in [1.807, 2.05) is 72.8 Å². The number of nitrogens with one attached hydrogen (secondary N) is 2. The average molecular weight is 434 g/mol. The van der Waals surface area contributed by atoms with Gasteiger partial charge in [-0.2, -0.15) is 10.2 Å². The van der Waals surface area contributed by atoms with Gasteiger partial charge in [0, 0.05) is 23.6 Å². The molecular formula is C27H22N4O2. The smallest absolute Gasteiger partial charge is 0.264 e. The van der Waals surface area contributed by atoms with Crippen molar-refractivity contribution >= 4 is 0 Å². The maximum absolute atomic E-state index is 11.6. The van der Waals surface area contributed by atoms with Crippen molar-refractivity contribution in [3.8, 4) is 39.5 Å². The summed E-state index contributed by atoms with van der Waals surface area (Å²) in [5.41, 5.74) is 5.89. The number of H-pyrrole nitrogens is 2. The van der Waals surface area contributed by atoms with Crippen LogP contribution in [0.15, 0.2) is 102 Å². The highest BCUT2D eigenvalue weighted by atomic mass is 16.5. The molecule has 162 valence electrons. The number of nitrogens with zero attached hydrogens (tertiary/aromatic N) is 2. The molecule has 0 saturated heterocycles. The quantitative estimate of drug-likeness (QED) is 0.373. The molecule has 3 aromatic carbocycles. The van der Waals surface area contributed by atoms with E-state index in [1.165, 1.54) is 11.6 Å². The van der Waals surface area contributed by atoms with Crippen LogP contribution >= 0.6 is 0 Å². The van der Waals surface area contributed by atoms with Crippen LogP contribution in [0, 0.1) is 0 Å². The van der Waals surface area contributed by atoms with Gasteiger partial charge >= 0.3 is 0 Å². The van der Waals surface area contributed by atoms with Gasteiger partial charge in [-0.15, -0.1) is 0 Å². The Labute approximate surface area is 190 Å². The van der Waals surface area contributed by atoms with E-state index in [9.17, 15) is 4.79 Å². The van der Waals surface area contributed by atoms with Crippen molar-refractivity contribution in [2.45, 2.75) is 6.42 Å². The molecule has 33 heavy (non-hydrogen) atoms. The van der Waals surface area contributed by atoms with Gasteiger partial charge in [-0.05, 0) is 23.8 Å². The van der Waals surface area contributed by atoms with Crippen LogP contribution in [0.4, 0.5) is 0 Å². The van der Waals surface area contributed by atoms with E-state index in [0.717, 1.165) is 40.2 Å². The van der Waals surface area contributed by atoms with Crippen LogP contribution in [0.2, 0.25) is 0 Å². The first-order valence-corrected chi connectivity index (χ1v) is 10.7. The van der Waals surface area contributed by atoms with Crippen molar-refractivity contribution in [1.29, 1.82) is 0 Å². The van der Waals surface area contributed by atoms with E-state index in [2.05, 4.69) is 32.5 Å². The lowest BCUT2D eigenvalue weighted by molar-refractivity contribution is 0.322. The van der Waals surface area contributed by atoms with Crippen molar-refractivity contribution < 1.29 is 4.74 Å². The molecule has 5 aromatic rings. The average Bonchev–Trinajstić information content (AvgIpc) is 3.31. The zero-order chi connectivity index (χ0) is 22.5. The van der Waals surface area contributed by atoms with Crippen molar-refractivity contribution in [2.24, 2.45) is 0 Å². The van der Waals surface area contributed by atoms with E-state index in [-0.39, 0.29) is 5.56 Å². The van der Waals surface area contributed by atoms with Gasteiger partial charge in [0.05, 0.1) is 23.6 Å². The Morgan fingerprint density at radius 2 is 1.48 bits per heavy atom. The van der Waals surface area contributed by atoms with Gasteiger partial charge in [0.15, 0.2) is 0 Å². The molecule has 0 unspecified atom stereocenters. The second kappa shape index (κ2) is 9.36. The van der Waals surface area contributed by atoms with Gasteiger partial charge < -0.3 is 4.74 Å². The van der Waals surface area contributed by atoms with Crippen LogP contribution in [-0.4, -0.2) is 27.0 Å². The Bertz CT molecular complexity index is 1390. The minimum atomic E-state index is -0.251. The molecule has 2 N–H and O–H groups in total. The molecule has 0 amide bonds.